The molecule has 0 spiro atoms. The first kappa shape index (κ1) is 20.1. The molecule has 2 rings (SSSR count). The van der Waals surface area contributed by atoms with Gasteiger partial charge in [-0.2, -0.15) is 0 Å². The molecule has 5 heteroatoms. The molecule has 140 valence electrons. The second-order valence-corrected chi connectivity index (χ2v) is 7.47. The molecule has 0 aliphatic heterocycles. The van der Waals surface area contributed by atoms with Crippen molar-refractivity contribution in [1.82, 2.24) is 0 Å². The molecule has 5 nitrogen and oxygen atoms in total. The van der Waals surface area contributed by atoms with Gasteiger partial charge in [-0.15, -0.1) is 0 Å². The van der Waals surface area contributed by atoms with Gasteiger partial charge in [-0.05, 0) is 12.8 Å². The van der Waals surface area contributed by atoms with E-state index in [1.807, 2.05) is 62.5 Å². The smallest absolute Gasteiger partial charge is 0.104 e. The van der Waals surface area contributed by atoms with Crippen molar-refractivity contribution < 1.29 is 25.2 Å². The van der Waals surface area contributed by atoms with Gasteiger partial charge in [0.25, 0.3) is 0 Å². The number of rotatable bonds is 8. The summed E-state index contributed by atoms with van der Waals surface area (Å²) in [5.41, 5.74) is -1.04. The van der Waals surface area contributed by atoms with Crippen LogP contribution in [0.5, 0.6) is 0 Å². The molecule has 0 heterocycles. The second kappa shape index (κ2) is 8.43. The fourth-order valence-corrected chi connectivity index (χ4v) is 3.63. The van der Waals surface area contributed by atoms with Crippen LogP contribution in [0.3, 0.4) is 0 Å². The van der Waals surface area contributed by atoms with Crippen LogP contribution in [0.1, 0.15) is 26.7 Å². The lowest BCUT2D eigenvalue weighted by Gasteiger charge is -2.45. The van der Waals surface area contributed by atoms with Gasteiger partial charge in [-0.3, -0.25) is 0 Å². The Bertz CT molecular complexity index is 504. The van der Waals surface area contributed by atoms with Crippen LogP contribution in [-0.2, 0) is 4.74 Å². The summed E-state index contributed by atoms with van der Waals surface area (Å²) in [7, 11) is 0. The predicted octanol–water partition coefficient (Wildman–Crippen LogP) is 1.49. The van der Waals surface area contributed by atoms with Crippen molar-refractivity contribution in [2.24, 2.45) is 10.8 Å². The molecule has 0 amide bonds. The fourth-order valence-electron chi connectivity index (χ4n) is 3.63. The number of aliphatic hydroxyl groups excluding tert-OH is 4. The van der Waals surface area contributed by atoms with E-state index in [4.69, 9.17) is 4.74 Å². The minimum atomic E-state index is -1.10. The Kier molecular flexibility index (Phi) is 6.77. The summed E-state index contributed by atoms with van der Waals surface area (Å²) in [5.74, 6) is 0. The van der Waals surface area contributed by atoms with Crippen LogP contribution in [0.15, 0.2) is 48.6 Å². The van der Waals surface area contributed by atoms with E-state index in [2.05, 4.69) is 0 Å². The van der Waals surface area contributed by atoms with Crippen molar-refractivity contribution in [3.63, 3.8) is 0 Å². The zero-order valence-electron chi connectivity index (χ0n) is 15.0. The van der Waals surface area contributed by atoms with E-state index < -0.39 is 48.5 Å². The molecule has 2 aliphatic carbocycles. The normalized spacial score (nSPS) is 33.2. The van der Waals surface area contributed by atoms with Crippen LogP contribution in [0.25, 0.3) is 0 Å². The third-order valence-electron chi connectivity index (χ3n) is 5.23. The Morgan fingerprint density at radius 3 is 1.48 bits per heavy atom. The van der Waals surface area contributed by atoms with Crippen LogP contribution >= 0.6 is 0 Å². The average Bonchev–Trinajstić information content (AvgIpc) is 2.62. The first-order valence-electron chi connectivity index (χ1n) is 8.78. The highest BCUT2D eigenvalue weighted by Gasteiger charge is 2.45. The summed E-state index contributed by atoms with van der Waals surface area (Å²) in [6.07, 6.45) is 13.2. The largest absolute Gasteiger partial charge is 0.394 e. The molecule has 0 saturated carbocycles. The minimum Gasteiger partial charge on any atom is -0.394 e. The molecule has 0 aromatic heterocycles. The molecular formula is C20H30O5. The van der Waals surface area contributed by atoms with E-state index in [9.17, 15) is 20.4 Å². The number of allylic oxidation sites excluding steroid dienone is 6. The zero-order valence-corrected chi connectivity index (χ0v) is 15.0. The fraction of sp³-hybridized carbons (Fsp3) is 0.600. The number of hydrogen-bond acceptors (Lipinski definition) is 5. The average molecular weight is 350 g/mol. The molecule has 4 N–H and O–H groups in total. The van der Waals surface area contributed by atoms with Gasteiger partial charge in [-0.1, -0.05) is 62.5 Å². The standard InChI is InChI=1S/C20H30O5/c1-19(9-5-3-6-10-19)17(15(23)13-21)25-18(16(24)14-22)20(2)11-7-4-8-12-20/h3-9,11,15-18,21-24H,10,12-14H2,1-2H3. The molecular weight excluding hydrogens is 320 g/mol. The van der Waals surface area contributed by atoms with E-state index in [0.29, 0.717) is 12.8 Å². The Hall–Kier alpha value is -1.24. The van der Waals surface area contributed by atoms with Crippen LogP contribution < -0.4 is 0 Å². The summed E-state index contributed by atoms with van der Waals surface area (Å²) in [4.78, 5) is 0. The third kappa shape index (κ3) is 4.49. The van der Waals surface area contributed by atoms with Crippen molar-refractivity contribution in [1.29, 1.82) is 0 Å². The van der Waals surface area contributed by atoms with E-state index in [1.165, 1.54) is 0 Å². The van der Waals surface area contributed by atoms with E-state index in [1.54, 1.807) is 0 Å². The van der Waals surface area contributed by atoms with Crippen LogP contribution in [0.4, 0.5) is 0 Å². The van der Waals surface area contributed by atoms with E-state index in [-0.39, 0.29) is 0 Å². The lowest BCUT2D eigenvalue weighted by atomic mass is 9.74. The summed E-state index contributed by atoms with van der Waals surface area (Å²) >= 11 is 0. The van der Waals surface area contributed by atoms with Crippen molar-refractivity contribution in [3.05, 3.63) is 48.6 Å². The Labute approximate surface area is 149 Å². The quantitative estimate of drug-likeness (QED) is 0.533. The maximum Gasteiger partial charge on any atom is 0.104 e. The molecule has 0 bridgehead atoms. The van der Waals surface area contributed by atoms with Crippen molar-refractivity contribution in [2.45, 2.75) is 51.1 Å². The van der Waals surface area contributed by atoms with Gasteiger partial charge in [-0.25, -0.2) is 0 Å². The van der Waals surface area contributed by atoms with Gasteiger partial charge >= 0.3 is 0 Å². The van der Waals surface area contributed by atoms with Crippen molar-refractivity contribution >= 4 is 0 Å². The summed E-state index contributed by atoms with van der Waals surface area (Å²) < 4.78 is 6.25. The third-order valence-corrected chi connectivity index (χ3v) is 5.23. The van der Waals surface area contributed by atoms with E-state index in [0.717, 1.165) is 0 Å². The van der Waals surface area contributed by atoms with Gasteiger partial charge in [0.1, 0.15) is 12.2 Å². The first-order valence-corrected chi connectivity index (χ1v) is 8.78. The number of hydrogen-bond donors (Lipinski definition) is 4. The van der Waals surface area contributed by atoms with Crippen molar-refractivity contribution in [3.8, 4) is 0 Å². The highest BCUT2D eigenvalue weighted by Crippen LogP contribution is 2.41. The van der Waals surface area contributed by atoms with Gasteiger partial charge < -0.3 is 25.2 Å². The van der Waals surface area contributed by atoms with Crippen LogP contribution in [0.2, 0.25) is 0 Å². The molecule has 25 heavy (non-hydrogen) atoms. The SMILES string of the molecule is CC1(C(OC(C(O)CO)C2(C)C=CC=CC2)C(O)CO)C=CC=CC1. The lowest BCUT2D eigenvalue weighted by molar-refractivity contribution is -0.187. The van der Waals surface area contributed by atoms with Crippen molar-refractivity contribution in [2.75, 3.05) is 13.2 Å². The van der Waals surface area contributed by atoms with Gasteiger partial charge in [0.2, 0.25) is 0 Å². The van der Waals surface area contributed by atoms with Gasteiger partial charge in [0, 0.05) is 10.8 Å². The Balaban J connectivity index is 2.32. The molecule has 0 saturated heterocycles. The zero-order chi connectivity index (χ0) is 18.5. The maximum absolute atomic E-state index is 10.4. The summed E-state index contributed by atoms with van der Waals surface area (Å²) in [6.45, 7) is 3.04. The molecule has 0 aromatic carbocycles. The molecule has 6 atom stereocenters. The van der Waals surface area contributed by atoms with Gasteiger partial charge in [0.05, 0.1) is 25.4 Å². The Morgan fingerprint density at radius 2 is 1.20 bits per heavy atom. The summed E-state index contributed by atoms with van der Waals surface area (Å²) in [6, 6.07) is 0. The maximum atomic E-state index is 10.4. The highest BCUT2D eigenvalue weighted by molar-refractivity contribution is 5.20. The minimum absolute atomic E-state index is 0.438. The Morgan fingerprint density at radius 1 is 0.800 bits per heavy atom. The van der Waals surface area contributed by atoms with Crippen LogP contribution in [-0.4, -0.2) is 58.1 Å². The molecule has 2 aliphatic rings. The monoisotopic (exact) mass is 350 g/mol. The molecule has 0 radical (unpaired) electrons. The second-order valence-electron chi connectivity index (χ2n) is 7.47. The van der Waals surface area contributed by atoms with Gasteiger partial charge in [0.15, 0.2) is 0 Å². The number of ether oxygens (including phenoxy) is 1. The first-order chi connectivity index (χ1) is 11.9. The lowest BCUT2D eigenvalue weighted by Crippen LogP contribution is -2.53. The summed E-state index contributed by atoms with van der Waals surface area (Å²) in [5, 5.41) is 39.9. The highest BCUT2D eigenvalue weighted by atomic mass is 16.5. The molecule has 0 aromatic rings. The molecule has 0 fully saturated rings. The van der Waals surface area contributed by atoms with E-state index >= 15 is 0 Å². The molecule has 6 unspecified atom stereocenters. The van der Waals surface area contributed by atoms with Crippen LogP contribution in [0, 0.1) is 10.8 Å². The topological polar surface area (TPSA) is 90.2 Å². The predicted molar refractivity (Wildman–Crippen MR) is 96.9 cm³/mol. The number of aliphatic hydroxyl groups is 4.